The van der Waals surface area contributed by atoms with Crippen LogP contribution in [0, 0.1) is 0 Å². The minimum absolute atomic E-state index is 0.00774. The Balaban J connectivity index is 1.05. The normalized spacial score (nSPS) is 12.8. The fraction of sp³-hybridized carbons (Fsp3) is 0.238. The Hall–Kier alpha value is -8.72. The molecule has 0 fully saturated rings. The smallest absolute Gasteiger partial charge is 0.0541 e. The summed E-state index contributed by atoms with van der Waals surface area (Å²) in [4.78, 5) is 2.53. The summed E-state index contributed by atoms with van der Waals surface area (Å²) in [5.74, 6) is 0. The van der Waals surface area contributed by atoms with Crippen molar-refractivity contribution < 1.29 is 0 Å². The number of anilines is 3. The van der Waals surface area contributed by atoms with Crippen LogP contribution in [-0.2, 0) is 27.1 Å². The van der Waals surface area contributed by atoms with Gasteiger partial charge in [0.15, 0.2) is 0 Å². The Morgan fingerprint density at radius 3 is 1.10 bits per heavy atom. The third kappa shape index (κ3) is 10.3. The van der Waals surface area contributed by atoms with Gasteiger partial charge < -0.3 is 9.47 Å². The number of hydrogen-bond acceptors (Lipinski definition) is 1. The minimum atomic E-state index is -0.0370. The van der Waals surface area contributed by atoms with E-state index in [1.165, 1.54) is 132 Å². The predicted molar refractivity (Wildman–Crippen MR) is 374 cm³/mol. The summed E-state index contributed by atoms with van der Waals surface area (Å²) in [6.45, 7) is 34.6. The van der Waals surface area contributed by atoms with Crippen molar-refractivity contribution in [2.24, 2.45) is 0 Å². The average Bonchev–Trinajstić information content (AvgIpc) is 1.45. The summed E-state index contributed by atoms with van der Waals surface area (Å²) in [5, 5.41) is 10.0. The lowest BCUT2D eigenvalue weighted by molar-refractivity contribution is 0.590. The zero-order valence-electron chi connectivity index (χ0n) is 53.3. The zero-order chi connectivity index (χ0) is 60.4. The molecule has 0 radical (unpaired) electrons. The molecule has 0 aliphatic rings. The number of nitrogens with zero attached hydrogens (tertiary/aromatic N) is 2. The molecule has 13 rings (SSSR count). The van der Waals surface area contributed by atoms with Crippen LogP contribution in [0.15, 0.2) is 224 Å². The molecule has 0 aliphatic heterocycles. The van der Waals surface area contributed by atoms with Crippen LogP contribution in [0.3, 0.4) is 0 Å². The van der Waals surface area contributed by atoms with Crippen molar-refractivity contribution in [2.45, 2.75) is 131 Å². The summed E-state index contributed by atoms with van der Waals surface area (Å²) in [6, 6.07) is 86.3. The number of rotatable bonds is 8. The third-order valence-corrected chi connectivity index (χ3v) is 18.3. The summed E-state index contributed by atoms with van der Waals surface area (Å²) in [7, 11) is 0. The summed E-state index contributed by atoms with van der Waals surface area (Å²) in [6.07, 6.45) is 0. The van der Waals surface area contributed by atoms with Crippen LogP contribution >= 0.6 is 0 Å². The molecular weight excluding hydrogens is 1040 g/mol. The van der Waals surface area contributed by atoms with Crippen LogP contribution < -0.4 is 4.90 Å². The predicted octanol–water partition coefficient (Wildman–Crippen LogP) is 24.3. The standard InChI is InChI=1S/C84H82N2/c1-80(2,3)63-31-21-54(22-32-63)61-46-62(55-23-33-64(34-24-55)81(4,5)6)50-69(49-61)85(68-37-25-56(26-38-68)60-45-59(53-19-17-16-18-20-53)47-67(48-60)84(13,14)15)74-41-29-57-28-40-71-75(42-30-58-27-39-70(74)78(57)79(58)71)86-76-43-35-65(82(7,8)9)51-72(76)73-52-66(83(10,11)12)36-44-77(73)86/h16-52H,1-15H3. The van der Waals surface area contributed by atoms with Gasteiger partial charge in [0.25, 0.3) is 0 Å². The molecule has 0 unspecified atom stereocenters. The third-order valence-electron chi connectivity index (χ3n) is 18.3. The molecule has 0 atom stereocenters. The van der Waals surface area contributed by atoms with E-state index < -0.39 is 0 Å². The van der Waals surface area contributed by atoms with Gasteiger partial charge in [-0.2, -0.15) is 0 Å². The van der Waals surface area contributed by atoms with Gasteiger partial charge in [0.2, 0.25) is 0 Å². The molecule has 86 heavy (non-hydrogen) atoms. The fourth-order valence-electron chi connectivity index (χ4n) is 13.0. The second kappa shape index (κ2) is 20.5. The second-order valence-corrected chi connectivity index (χ2v) is 29.6. The number of hydrogen-bond donors (Lipinski definition) is 0. The first-order chi connectivity index (χ1) is 40.8. The monoisotopic (exact) mass is 1120 g/mol. The maximum absolute atomic E-state index is 2.54. The Morgan fingerprint density at radius 2 is 0.640 bits per heavy atom. The van der Waals surface area contributed by atoms with E-state index in [9.17, 15) is 0 Å². The van der Waals surface area contributed by atoms with Gasteiger partial charge >= 0.3 is 0 Å². The van der Waals surface area contributed by atoms with Crippen molar-refractivity contribution in [1.29, 1.82) is 0 Å². The highest BCUT2D eigenvalue weighted by Crippen LogP contribution is 2.49. The molecule has 1 heterocycles. The number of benzene rings is 12. The van der Waals surface area contributed by atoms with E-state index in [2.05, 4.69) is 338 Å². The van der Waals surface area contributed by atoms with Gasteiger partial charge in [-0.3, -0.25) is 0 Å². The van der Waals surface area contributed by atoms with Gasteiger partial charge in [0.05, 0.1) is 22.4 Å². The van der Waals surface area contributed by atoms with Crippen molar-refractivity contribution >= 4 is 71.2 Å². The Bertz CT molecular complexity index is 4560. The first-order valence-corrected chi connectivity index (χ1v) is 31.0. The highest BCUT2D eigenvalue weighted by molar-refractivity contribution is 6.27. The molecule has 1 aromatic heterocycles. The van der Waals surface area contributed by atoms with Crippen LogP contribution in [-0.4, -0.2) is 4.57 Å². The molecule has 13 aromatic rings. The molecule has 428 valence electrons. The van der Waals surface area contributed by atoms with Crippen molar-refractivity contribution in [1.82, 2.24) is 4.57 Å². The minimum Gasteiger partial charge on any atom is -0.310 e. The first-order valence-electron chi connectivity index (χ1n) is 31.0. The van der Waals surface area contributed by atoms with E-state index in [1.54, 1.807) is 0 Å². The van der Waals surface area contributed by atoms with Crippen molar-refractivity contribution in [3.63, 3.8) is 0 Å². The molecule has 0 N–H and O–H groups in total. The second-order valence-electron chi connectivity index (χ2n) is 29.6. The zero-order valence-corrected chi connectivity index (χ0v) is 53.3. The van der Waals surface area contributed by atoms with Crippen molar-refractivity contribution in [3.05, 3.63) is 252 Å². The topological polar surface area (TPSA) is 8.17 Å². The SMILES string of the molecule is CC(C)(C)c1ccc(-c2cc(-c3ccc(C(C)(C)C)cc3)cc(N(c3ccc(-c4cc(-c5ccccc5)cc(C(C)(C)C)c4)cc3)c3ccc4ccc5c(-n6c7ccc(C(C)(C)C)cc7c7cc(C(C)(C)C)ccc76)ccc6ccc3c4c65)c2)cc1. The van der Waals surface area contributed by atoms with Crippen LogP contribution in [0.25, 0.3) is 104 Å². The van der Waals surface area contributed by atoms with Gasteiger partial charge in [-0.1, -0.05) is 256 Å². The lowest BCUT2D eigenvalue weighted by atomic mass is 9.83. The van der Waals surface area contributed by atoms with Gasteiger partial charge in [-0.25, -0.2) is 0 Å². The molecule has 0 saturated carbocycles. The molecular formula is C84H82N2. The Kier molecular flexibility index (Phi) is 13.4. The van der Waals surface area contributed by atoms with Crippen molar-refractivity contribution in [2.75, 3.05) is 4.90 Å². The molecule has 2 nitrogen and oxygen atoms in total. The van der Waals surface area contributed by atoms with Crippen LogP contribution in [0.4, 0.5) is 17.1 Å². The molecule has 12 aromatic carbocycles. The summed E-state index contributed by atoms with van der Waals surface area (Å²) >= 11 is 0. The first kappa shape index (κ1) is 56.4. The highest BCUT2D eigenvalue weighted by Gasteiger charge is 2.26. The average molecular weight is 1120 g/mol. The van der Waals surface area contributed by atoms with E-state index in [0.29, 0.717) is 0 Å². The summed E-state index contributed by atoms with van der Waals surface area (Å²) < 4.78 is 2.54. The summed E-state index contributed by atoms with van der Waals surface area (Å²) in [5.41, 5.74) is 23.2. The highest BCUT2D eigenvalue weighted by atomic mass is 15.1. The molecule has 2 heteroatoms. The van der Waals surface area contributed by atoms with Crippen molar-refractivity contribution in [3.8, 4) is 50.2 Å². The molecule has 0 bridgehead atoms. The maximum atomic E-state index is 2.54. The van der Waals surface area contributed by atoms with Gasteiger partial charge in [0, 0.05) is 32.9 Å². The van der Waals surface area contributed by atoms with E-state index >= 15 is 0 Å². The van der Waals surface area contributed by atoms with Gasteiger partial charge in [-0.15, -0.1) is 0 Å². The molecule has 0 saturated heterocycles. The Morgan fingerprint density at radius 1 is 0.256 bits per heavy atom. The quantitative estimate of drug-likeness (QED) is 0.138. The molecule has 0 spiro atoms. The van der Waals surface area contributed by atoms with Crippen LogP contribution in [0.1, 0.15) is 132 Å². The fourth-order valence-corrected chi connectivity index (χ4v) is 13.0. The lowest BCUT2D eigenvalue weighted by Gasteiger charge is -2.29. The van der Waals surface area contributed by atoms with E-state index in [-0.39, 0.29) is 27.1 Å². The largest absolute Gasteiger partial charge is 0.310 e. The number of fused-ring (bicyclic) bond motifs is 3. The van der Waals surface area contributed by atoms with E-state index in [1.807, 2.05) is 0 Å². The van der Waals surface area contributed by atoms with Crippen LogP contribution in [0.2, 0.25) is 0 Å². The Labute approximate surface area is 511 Å². The maximum Gasteiger partial charge on any atom is 0.0541 e. The molecule has 0 amide bonds. The molecule has 0 aliphatic carbocycles. The van der Waals surface area contributed by atoms with E-state index in [0.717, 1.165) is 17.1 Å². The number of aromatic nitrogens is 1. The van der Waals surface area contributed by atoms with E-state index in [4.69, 9.17) is 0 Å². The van der Waals surface area contributed by atoms with Crippen LogP contribution in [0.5, 0.6) is 0 Å². The van der Waals surface area contributed by atoms with Gasteiger partial charge in [-0.05, 0) is 194 Å². The van der Waals surface area contributed by atoms with Gasteiger partial charge in [0.1, 0.15) is 0 Å². The lowest BCUT2D eigenvalue weighted by Crippen LogP contribution is -2.12.